The Labute approximate surface area is 149 Å². The number of nitrogens with zero attached hydrogens (tertiary/aromatic N) is 2. The summed E-state index contributed by atoms with van der Waals surface area (Å²) < 4.78 is 20.1. The van der Waals surface area contributed by atoms with Gasteiger partial charge in [0.05, 0.1) is 23.1 Å². The molecule has 122 valence electrons. The number of amides is 1. The summed E-state index contributed by atoms with van der Waals surface area (Å²) in [6.07, 6.45) is 0. The SMILES string of the molecule is CC1(C(=O)Nc2nnc(SCc3cccc(Br)c3F)s2)COC1. The Hall–Kier alpha value is -1.03. The molecule has 3 rings (SSSR count). The van der Waals surface area contributed by atoms with Gasteiger partial charge >= 0.3 is 0 Å². The second-order valence-electron chi connectivity index (χ2n) is 5.38. The van der Waals surface area contributed by atoms with Crippen LogP contribution in [-0.4, -0.2) is 29.3 Å². The third-order valence-corrected chi connectivity index (χ3v) is 6.03. The fourth-order valence-electron chi connectivity index (χ4n) is 1.91. The highest BCUT2D eigenvalue weighted by atomic mass is 79.9. The number of nitrogens with one attached hydrogen (secondary N) is 1. The van der Waals surface area contributed by atoms with E-state index in [0.29, 0.717) is 38.5 Å². The quantitative estimate of drug-likeness (QED) is 0.593. The molecule has 1 fully saturated rings. The fraction of sp³-hybridized carbons (Fsp3) is 0.357. The molecule has 1 N–H and O–H groups in total. The molecule has 1 aromatic heterocycles. The number of anilines is 1. The predicted molar refractivity (Wildman–Crippen MR) is 91.1 cm³/mol. The second-order valence-corrected chi connectivity index (χ2v) is 8.44. The van der Waals surface area contributed by atoms with Gasteiger partial charge in [-0.15, -0.1) is 10.2 Å². The van der Waals surface area contributed by atoms with Crippen LogP contribution in [0.1, 0.15) is 12.5 Å². The van der Waals surface area contributed by atoms with Crippen molar-refractivity contribution in [3.8, 4) is 0 Å². The summed E-state index contributed by atoms with van der Waals surface area (Å²) in [5.41, 5.74) is 0.0996. The molecular formula is C14H13BrFN3O2S2. The molecule has 2 heterocycles. The Morgan fingerprint density at radius 2 is 2.30 bits per heavy atom. The van der Waals surface area contributed by atoms with E-state index in [-0.39, 0.29) is 11.7 Å². The molecule has 2 aromatic rings. The summed E-state index contributed by atoms with van der Waals surface area (Å²) in [6.45, 7) is 2.68. The number of rotatable bonds is 5. The molecule has 1 aliphatic heterocycles. The van der Waals surface area contributed by atoms with Crippen LogP contribution in [0, 0.1) is 11.2 Å². The average molecular weight is 418 g/mol. The monoisotopic (exact) mass is 417 g/mol. The normalized spacial score (nSPS) is 16.0. The molecule has 23 heavy (non-hydrogen) atoms. The van der Waals surface area contributed by atoms with Crippen LogP contribution in [-0.2, 0) is 15.3 Å². The molecule has 1 amide bonds. The zero-order chi connectivity index (χ0) is 16.4. The molecule has 0 spiro atoms. The Kier molecular flexibility index (Phi) is 5.00. The summed E-state index contributed by atoms with van der Waals surface area (Å²) in [5, 5.41) is 11.2. The van der Waals surface area contributed by atoms with Crippen LogP contribution in [0.25, 0.3) is 0 Å². The molecule has 0 atom stereocenters. The minimum Gasteiger partial charge on any atom is -0.379 e. The van der Waals surface area contributed by atoms with Crippen molar-refractivity contribution in [2.75, 3.05) is 18.5 Å². The van der Waals surface area contributed by atoms with Gasteiger partial charge in [0.25, 0.3) is 0 Å². The maximum absolute atomic E-state index is 13.9. The van der Waals surface area contributed by atoms with Crippen LogP contribution < -0.4 is 5.32 Å². The topological polar surface area (TPSA) is 64.1 Å². The van der Waals surface area contributed by atoms with E-state index < -0.39 is 5.41 Å². The van der Waals surface area contributed by atoms with Crippen molar-refractivity contribution in [1.82, 2.24) is 10.2 Å². The van der Waals surface area contributed by atoms with Crippen molar-refractivity contribution < 1.29 is 13.9 Å². The molecule has 1 aromatic carbocycles. The first-order valence-corrected chi connectivity index (χ1v) is 9.36. The smallest absolute Gasteiger partial charge is 0.236 e. The summed E-state index contributed by atoms with van der Waals surface area (Å²) in [6, 6.07) is 5.18. The molecule has 0 aliphatic carbocycles. The van der Waals surface area contributed by atoms with Gasteiger partial charge in [-0.25, -0.2) is 4.39 Å². The Morgan fingerprint density at radius 1 is 1.52 bits per heavy atom. The maximum Gasteiger partial charge on any atom is 0.236 e. The number of benzene rings is 1. The van der Waals surface area contributed by atoms with Gasteiger partial charge in [0, 0.05) is 5.75 Å². The lowest BCUT2D eigenvalue weighted by molar-refractivity contribution is -0.151. The van der Waals surface area contributed by atoms with Gasteiger partial charge in [0.1, 0.15) is 5.82 Å². The molecule has 0 radical (unpaired) electrons. The van der Waals surface area contributed by atoms with Crippen LogP contribution >= 0.6 is 39.0 Å². The fourth-order valence-corrected chi connectivity index (χ4v) is 4.03. The van der Waals surface area contributed by atoms with Crippen LogP contribution in [0.15, 0.2) is 27.0 Å². The van der Waals surface area contributed by atoms with E-state index in [0.717, 1.165) is 0 Å². The number of thioether (sulfide) groups is 1. The number of carbonyl (C=O) groups excluding carboxylic acids is 1. The number of hydrogen-bond acceptors (Lipinski definition) is 6. The highest BCUT2D eigenvalue weighted by Gasteiger charge is 2.41. The molecule has 9 heteroatoms. The van der Waals surface area contributed by atoms with Crippen LogP contribution in [0.3, 0.4) is 0 Å². The molecular weight excluding hydrogens is 405 g/mol. The van der Waals surface area contributed by atoms with Gasteiger partial charge in [0.15, 0.2) is 4.34 Å². The molecule has 1 saturated heterocycles. The zero-order valence-corrected chi connectivity index (χ0v) is 15.4. The first-order chi connectivity index (χ1) is 11.0. The van der Waals surface area contributed by atoms with Crippen molar-refractivity contribution >= 4 is 50.1 Å². The standard InChI is InChI=1S/C14H13BrFN3O2S2/c1-14(6-21-7-14)11(20)17-12-18-19-13(23-12)22-5-8-3-2-4-9(15)10(8)16/h2-4H,5-7H2,1H3,(H,17,18,20). The lowest BCUT2D eigenvalue weighted by Gasteiger charge is -2.35. The van der Waals surface area contributed by atoms with E-state index in [4.69, 9.17) is 4.74 Å². The Morgan fingerprint density at radius 3 is 3.00 bits per heavy atom. The highest BCUT2D eigenvalue weighted by Crippen LogP contribution is 2.32. The molecule has 1 aliphatic rings. The number of aromatic nitrogens is 2. The van der Waals surface area contributed by atoms with Gasteiger partial charge in [-0.3, -0.25) is 10.1 Å². The summed E-state index contributed by atoms with van der Waals surface area (Å²) in [7, 11) is 0. The third kappa shape index (κ3) is 3.73. The summed E-state index contributed by atoms with van der Waals surface area (Å²) in [5.74, 6) is 0.0600. The van der Waals surface area contributed by atoms with Crippen molar-refractivity contribution in [2.24, 2.45) is 5.41 Å². The van der Waals surface area contributed by atoms with Crippen LogP contribution in [0.2, 0.25) is 0 Å². The van der Waals surface area contributed by atoms with Gasteiger partial charge in [-0.05, 0) is 34.5 Å². The first-order valence-electron chi connectivity index (χ1n) is 6.76. The Balaban J connectivity index is 1.59. The van der Waals surface area contributed by atoms with Crippen molar-refractivity contribution in [2.45, 2.75) is 17.0 Å². The number of halogens is 2. The van der Waals surface area contributed by atoms with Gasteiger partial charge in [0.2, 0.25) is 11.0 Å². The van der Waals surface area contributed by atoms with Crippen molar-refractivity contribution in [3.05, 3.63) is 34.1 Å². The van der Waals surface area contributed by atoms with E-state index in [1.165, 1.54) is 23.1 Å². The van der Waals surface area contributed by atoms with E-state index in [9.17, 15) is 9.18 Å². The average Bonchev–Trinajstić information content (AvgIpc) is 2.93. The van der Waals surface area contributed by atoms with Crippen molar-refractivity contribution in [3.63, 3.8) is 0 Å². The molecule has 5 nitrogen and oxygen atoms in total. The van der Waals surface area contributed by atoms with E-state index >= 15 is 0 Å². The molecule has 0 unspecified atom stereocenters. The number of carbonyl (C=O) groups is 1. The van der Waals surface area contributed by atoms with E-state index in [1.54, 1.807) is 18.2 Å². The largest absolute Gasteiger partial charge is 0.379 e. The summed E-state index contributed by atoms with van der Waals surface area (Å²) in [4.78, 5) is 12.1. The minimum atomic E-state index is -0.488. The number of ether oxygens (including phenoxy) is 1. The Bertz CT molecular complexity index is 737. The summed E-state index contributed by atoms with van der Waals surface area (Å²) >= 11 is 5.82. The second kappa shape index (κ2) is 6.84. The third-order valence-electron chi connectivity index (χ3n) is 3.40. The van der Waals surface area contributed by atoms with E-state index in [2.05, 4.69) is 31.4 Å². The van der Waals surface area contributed by atoms with Crippen LogP contribution in [0.4, 0.5) is 9.52 Å². The van der Waals surface area contributed by atoms with Gasteiger partial charge in [-0.1, -0.05) is 35.2 Å². The van der Waals surface area contributed by atoms with Gasteiger partial charge in [-0.2, -0.15) is 0 Å². The first kappa shape index (κ1) is 16.8. The lowest BCUT2D eigenvalue weighted by atomic mass is 9.88. The van der Waals surface area contributed by atoms with Crippen LogP contribution in [0.5, 0.6) is 0 Å². The zero-order valence-electron chi connectivity index (χ0n) is 12.1. The maximum atomic E-state index is 13.9. The minimum absolute atomic E-state index is 0.116. The highest BCUT2D eigenvalue weighted by molar-refractivity contribution is 9.10. The predicted octanol–water partition coefficient (Wildman–Crippen LogP) is 3.71. The van der Waals surface area contributed by atoms with Gasteiger partial charge < -0.3 is 4.74 Å². The molecule has 0 saturated carbocycles. The number of hydrogen-bond donors (Lipinski definition) is 1. The molecule has 0 bridgehead atoms. The van der Waals surface area contributed by atoms with E-state index in [1.807, 2.05) is 6.92 Å². The lowest BCUT2D eigenvalue weighted by Crippen LogP contribution is -2.49. The van der Waals surface area contributed by atoms with Crippen molar-refractivity contribution in [1.29, 1.82) is 0 Å².